The first-order chi connectivity index (χ1) is 6.20. The van der Waals surface area contributed by atoms with Gasteiger partial charge in [-0.15, -0.1) is 11.8 Å². The van der Waals surface area contributed by atoms with Crippen LogP contribution in [0.4, 0.5) is 0 Å². The van der Waals surface area contributed by atoms with Crippen LogP contribution in [-0.2, 0) is 0 Å². The fraction of sp³-hybridized carbons (Fsp3) is 0.400. The smallest absolute Gasteiger partial charge is 0.136 e. The minimum Gasteiger partial charge on any atom is -0.492 e. The summed E-state index contributed by atoms with van der Waals surface area (Å²) in [5, 5.41) is 0. The minimum atomic E-state index is 0.713. The van der Waals surface area contributed by atoms with Crippen LogP contribution in [-0.4, -0.2) is 12.9 Å². The number of rotatable bonds is 3. The van der Waals surface area contributed by atoms with Gasteiger partial charge >= 0.3 is 0 Å². The van der Waals surface area contributed by atoms with E-state index >= 15 is 0 Å². The van der Waals surface area contributed by atoms with Gasteiger partial charge in [0.2, 0.25) is 0 Å². The van der Waals surface area contributed by atoms with Gasteiger partial charge in [0.15, 0.2) is 0 Å². The zero-order valence-corrected chi connectivity index (χ0v) is 10.5. The number of ether oxygens (including phenoxy) is 1. The zero-order valence-electron chi connectivity index (χ0n) is 8.06. The van der Waals surface area contributed by atoms with E-state index in [0.717, 1.165) is 10.2 Å². The molecule has 0 bridgehead atoms. The highest BCUT2D eigenvalue weighted by atomic mass is 79.9. The number of hydrogen-bond acceptors (Lipinski definition) is 2. The van der Waals surface area contributed by atoms with Crippen molar-refractivity contribution in [1.82, 2.24) is 0 Å². The van der Waals surface area contributed by atoms with Crippen molar-refractivity contribution in [2.45, 2.75) is 18.7 Å². The summed E-state index contributed by atoms with van der Waals surface area (Å²) in [5.41, 5.74) is 1.17. The van der Waals surface area contributed by atoms with E-state index < -0.39 is 0 Å². The fourth-order valence-corrected chi connectivity index (χ4v) is 2.04. The summed E-state index contributed by atoms with van der Waals surface area (Å²) >= 11 is 5.20. The van der Waals surface area contributed by atoms with Gasteiger partial charge in [-0.25, -0.2) is 0 Å². The summed E-state index contributed by atoms with van der Waals surface area (Å²) < 4.78 is 6.69. The van der Waals surface area contributed by atoms with Crippen molar-refractivity contribution in [3.8, 4) is 5.75 Å². The average Bonchev–Trinajstić information content (AvgIpc) is 2.14. The first-order valence-electron chi connectivity index (χ1n) is 4.16. The Hall–Kier alpha value is -0.150. The second-order valence-corrected chi connectivity index (χ2v) is 4.34. The highest BCUT2D eigenvalue weighted by molar-refractivity contribution is 9.10. The largest absolute Gasteiger partial charge is 0.492 e. The monoisotopic (exact) mass is 260 g/mol. The van der Waals surface area contributed by atoms with Gasteiger partial charge in [0, 0.05) is 14.9 Å². The lowest BCUT2D eigenvalue weighted by Gasteiger charge is -2.12. The summed E-state index contributed by atoms with van der Waals surface area (Å²) in [6.07, 6.45) is 2.06. The standard InChI is InChI=1S/C10H13BrOS/c1-4-12-10-7(2)8(11)5-6-9(10)13-3/h5-6H,4H2,1-3H3. The van der Waals surface area contributed by atoms with Crippen molar-refractivity contribution in [2.24, 2.45) is 0 Å². The molecule has 3 heteroatoms. The number of benzene rings is 1. The van der Waals surface area contributed by atoms with E-state index in [-0.39, 0.29) is 0 Å². The van der Waals surface area contributed by atoms with Crippen LogP contribution in [0.3, 0.4) is 0 Å². The highest BCUT2D eigenvalue weighted by Crippen LogP contribution is 2.35. The van der Waals surface area contributed by atoms with Crippen molar-refractivity contribution in [2.75, 3.05) is 12.9 Å². The molecule has 0 radical (unpaired) electrons. The predicted molar refractivity (Wildman–Crippen MR) is 61.8 cm³/mol. The molecule has 1 rings (SSSR count). The van der Waals surface area contributed by atoms with Gasteiger partial charge in [-0.2, -0.15) is 0 Å². The third-order valence-corrected chi connectivity index (χ3v) is 3.43. The molecule has 0 aliphatic heterocycles. The van der Waals surface area contributed by atoms with E-state index in [1.165, 1.54) is 10.5 Å². The van der Waals surface area contributed by atoms with Crippen molar-refractivity contribution in [3.05, 3.63) is 22.2 Å². The van der Waals surface area contributed by atoms with Gasteiger partial charge in [0.05, 0.1) is 6.61 Å². The lowest BCUT2D eigenvalue weighted by molar-refractivity contribution is 0.329. The van der Waals surface area contributed by atoms with E-state index in [1.807, 2.05) is 6.92 Å². The van der Waals surface area contributed by atoms with Crippen LogP contribution in [0.5, 0.6) is 5.75 Å². The van der Waals surface area contributed by atoms with Gasteiger partial charge in [-0.1, -0.05) is 15.9 Å². The Morgan fingerprint density at radius 2 is 2.15 bits per heavy atom. The van der Waals surface area contributed by atoms with Gasteiger partial charge < -0.3 is 4.74 Å². The molecule has 0 unspecified atom stereocenters. The predicted octanol–water partition coefficient (Wildman–Crippen LogP) is 3.88. The summed E-state index contributed by atoms with van der Waals surface area (Å²) in [5.74, 6) is 1.00. The van der Waals surface area contributed by atoms with Crippen LogP contribution in [0.2, 0.25) is 0 Å². The molecule has 0 amide bonds. The van der Waals surface area contributed by atoms with Crippen molar-refractivity contribution >= 4 is 27.7 Å². The first-order valence-corrected chi connectivity index (χ1v) is 6.18. The topological polar surface area (TPSA) is 9.23 Å². The van der Waals surface area contributed by atoms with E-state index in [2.05, 4.69) is 41.2 Å². The summed E-state index contributed by atoms with van der Waals surface area (Å²) in [4.78, 5) is 1.20. The molecule has 0 saturated heterocycles. The van der Waals surface area contributed by atoms with Crippen LogP contribution in [0, 0.1) is 6.92 Å². The molecular weight excluding hydrogens is 248 g/mol. The molecule has 0 N–H and O–H groups in total. The van der Waals surface area contributed by atoms with Crippen LogP contribution >= 0.6 is 27.7 Å². The van der Waals surface area contributed by atoms with Crippen LogP contribution in [0.25, 0.3) is 0 Å². The molecule has 0 aliphatic rings. The van der Waals surface area contributed by atoms with Crippen LogP contribution < -0.4 is 4.74 Å². The lowest BCUT2D eigenvalue weighted by Crippen LogP contribution is -1.96. The Morgan fingerprint density at radius 1 is 1.46 bits per heavy atom. The Kier molecular flexibility index (Phi) is 4.13. The van der Waals surface area contributed by atoms with E-state index in [1.54, 1.807) is 11.8 Å². The molecule has 0 spiro atoms. The Bertz CT molecular complexity index is 299. The third kappa shape index (κ3) is 2.41. The molecule has 72 valence electrons. The molecule has 0 saturated carbocycles. The molecule has 0 atom stereocenters. The molecule has 1 aromatic carbocycles. The van der Waals surface area contributed by atoms with Gasteiger partial charge in [-0.05, 0) is 32.2 Å². The van der Waals surface area contributed by atoms with Crippen molar-refractivity contribution in [3.63, 3.8) is 0 Å². The SMILES string of the molecule is CCOc1c(SC)ccc(Br)c1C. The number of thioether (sulfide) groups is 1. The minimum absolute atomic E-state index is 0.713. The molecule has 1 nitrogen and oxygen atoms in total. The van der Waals surface area contributed by atoms with E-state index in [0.29, 0.717) is 6.61 Å². The van der Waals surface area contributed by atoms with Gasteiger partial charge in [-0.3, -0.25) is 0 Å². The molecule has 0 heterocycles. The fourth-order valence-electron chi connectivity index (χ4n) is 1.13. The number of hydrogen-bond donors (Lipinski definition) is 0. The Balaban J connectivity index is 3.15. The summed E-state index contributed by atoms with van der Waals surface area (Å²) in [6, 6.07) is 4.14. The van der Waals surface area contributed by atoms with Gasteiger partial charge in [0.1, 0.15) is 5.75 Å². The molecular formula is C10H13BrOS. The lowest BCUT2D eigenvalue weighted by atomic mass is 10.2. The third-order valence-electron chi connectivity index (χ3n) is 1.81. The second-order valence-electron chi connectivity index (χ2n) is 2.64. The molecule has 13 heavy (non-hydrogen) atoms. The Morgan fingerprint density at radius 3 is 2.69 bits per heavy atom. The normalized spacial score (nSPS) is 10.2. The molecule has 0 aromatic heterocycles. The van der Waals surface area contributed by atoms with Gasteiger partial charge in [0.25, 0.3) is 0 Å². The van der Waals surface area contributed by atoms with Crippen molar-refractivity contribution in [1.29, 1.82) is 0 Å². The Labute approximate surface area is 92.0 Å². The maximum absolute atomic E-state index is 5.59. The first kappa shape index (κ1) is 10.9. The maximum atomic E-state index is 5.59. The van der Waals surface area contributed by atoms with E-state index in [4.69, 9.17) is 4.74 Å². The highest BCUT2D eigenvalue weighted by Gasteiger charge is 2.08. The van der Waals surface area contributed by atoms with E-state index in [9.17, 15) is 0 Å². The zero-order chi connectivity index (χ0) is 9.84. The van der Waals surface area contributed by atoms with Crippen molar-refractivity contribution < 1.29 is 4.74 Å². The summed E-state index contributed by atoms with van der Waals surface area (Å²) in [6.45, 7) is 4.78. The maximum Gasteiger partial charge on any atom is 0.136 e. The molecule has 1 aromatic rings. The second kappa shape index (κ2) is 4.91. The molecule has 0 fully saturated rings. The van der Waals surface area contributed by atoms with Crippen LogP contribution in [0.1, 0.15) is 12.5 Å². The summed E-state index contributed by atoms with van der Waals surface area (Å²) in [7, 11) is 0. The number of halogens is 1. The van der Waals surface area contributed by atoms with Crippen LogP contribution in [0.15, 0.2) is 21.5 Å². The quantitative estimate of drug-likeness (QED) is 0.764. The molecule has 0 aliphatic carbocycles. The average molecular weight is 261 g/mol.